The standard InChI is InChI=1S/C20H20N2O2S2/c23-20(21-10-9-17-2-1-11-25-17)15-5-7-16(8-6-15)24-12-19-22-18(13-26-19)14-3-4-14/h1-2,5-8,11,13-14H,3-4,9-10,12H2,(H,21,23). The number of benzene rings is 1. The zero-order chi connectivity index (χ0) is 17.8. The number of hydrogen-bond donors (Lipinski definition) is 1. The average Bonchev–Trinajstić information content (AvgIpc) is 3.18. The third-order valence-electron chi connectivity index (χ3n) is 4.28. The SMILES string of the molecule is O=C(NCCc1cccs1)c1ccc(OCc2nc(C3CC3)cs2)cc1. The van der Waals surface area contributed by atoms with Crippen LogP contribution in [0.4, 0.5) is 0 Å². The van der Waals surface area contributed by atoms with Crippen LogP contribution in [0.1, 0.15) is 44.7 Å². The summed E-state index contributed by atoms with van der Waals surface area (Å²) in [4.78, 5) is 18.1. The van der Waals surface area contributed by atoms with E-state index in [0.717, 1.165) is 17.2 Å². The highest BCUT2D eigenvalue weighted by molar-refractivity contribution is 7.10. The molecule has 0 unspecified atom stereocenters. The molecule has 1 aromatic carbocycles. The Hall–Kier alpha value is -2.18. The summed E-state index contributed by atoms with van der Waals surface area (Å²) in [6.45, 7) is 1.12. The fraction of sp³-hybridized carbons (Fsp3) is 0.300. The van der Waals surface area contributed by atoms with Gasteiger partial charge in [0.1, 0.15) is 17.4 Å². The number of thiophene rings is 1. The van der Waals surface area contributed by atoms with E-state index in [2.05, 4.69) is 21.7 Å². The number of amides is 1. The maximum atomic E-state index is 12.2. The summed E-state index contributed by atoms with van der Waals surface area (Å²) in [5.74, 6) is 1.38. The van der Waals surface area contributed by atoms with Crippen molar-refractivity contribution in [2.24, 2.45) is 0 Å². The number of rotatable bonds is 8. The molecule has 0 bridgehead atoms. The lowest BCUT2D eigenvalue weighted by atomic mass is 10.2. The zero-order valence-electron chi connectivity index (χ0n) is 14.3. The molecule has 1 N–H and O–H groups in total. The minimum absolute atomic E-state index is 0.0536. The normalized spacial score (nSPS) is 13.5. The van der Waals surface area contributed by atoms with Crippen molar-refractivity contribution in [3.63, 3.8) is 0 Å². The molecule has 4 nitrogen and oxygen atoms in total. The van der Waals surface area contributed by atoms with Gasteiger partial charge in [0, 0.05) is 28.3 Å². The quantitative estimate of drug-likeness (QED) is 0.616. The summed E-state index contributed by atoms with van der Waals surface area (Å²) < 4.78 is 5.79. The molecule has 4 rings (SSSR count). The van der Waals surface area contributed by atoms with Crippen molar-refractivity contribution < 1.29 is 9.53 Å². The zero-order valence-corrected chi connectivity index (χ0v) is 15.9. The molecule has 1 saturated carbocycles. The second-order valence-corrected chi connectivity index (χ2v) is 8.31. The van der Waals surface area contributed by atoms with E-state index < -0.39 is 0 Å². The Bertz CT molecular complexity index is 852. The van der Waals surface area contributed by atoms with Gasteiger partial charge in [-0.3, -0.25) is 4.79 Å². The second kappa shape index (κ2) is 8.01. The number of carbonyl (C=O) groups is 1. The Kier molecular flexibility index (Phi) is 5.32. The molecular formula is C20H20N2O2S2. The molecule has 0 saturated heterocycles. The average molecular weight is 385 g/mol. The van der Waals surface area contributed by atoms with Crippen LogP contribution in [0.3, 0.4) is 0 Å². The molecule has 26 heavy (non-hydrogen) atoms. The van der Waals surface area contributed by atoms with Gasteiger partial charge < -0.3 is 10.1 Å². The van der Waals surface area contributed by atoms with Gasteiger partial charge in [0.25, 0.3) is 5.91 Å². The van der Waals surface area contributed by atoms with E-state index in [-0.39, 0.29) is 5.91 Å². The topological polar surface area (TPSA) is 51.2 Å². The Labute approximate surface area is 160 Å². The summed E-state index contributed by atoms with van der Waals surface area (Å²) in [6.07, 6.45) is 3.39. The second-order valence-electron chi connectivity index (χ2n) is 6.34. The van der Waals surface area contributed by atoms with Crippen molar-refractivity contribution in [1.29, 1.82) is 0 Å². The van der Waals surface area contributed by atoms with Gasteiger partial charge in [-0.25, -0.2) is 4.98 Å². The molecule has 0 aliphatic heterocycles. The first-order valence-corrected chi connectivity index (χ1v) is 10.5. The first kappa shape index (κ1) is 17.2. The van der Waals surface area contributed by atoms with Crippen LogP contribution in [0, 0.1) is 0 Å². The fourth-order valence-electron chi connectivity index (χ4n) is 2.66. The highest BCUT2D eigenvalue weighted by Gasteiger charge is 2.25. The van der Waals surface area contributed by atoms with Crippen LogP contribution < -0.4 is 10.1 Å². The van der Waals surface area contributed by atoms with Crippen molar-refractivity contribution in [1.82, 2.24) is 10.3 Å². The van der Waals surface area contributed by atoms with E-state index in [4.69, 9.17) is 4.74 Å². The highest BCUT2D eigenvalue weighted by Crippen LogP contribution is 2.40. The number of carbonyl (C=O) groups excluding carboxylic acids is 1. The largest absolute Gasteiger partial charge is 0.486 e. The Balaban J connectivity index is 1.24. The van der Waals surface area contributed by atoms with Gasteiger partial charge in [0.2, 0.25) is 0 Å². The minimum Gasteiger partial charge on any atom is -0.486 e. The summed E-state index contributed by atoms with van der Waals surface area (Å²) in [7, 11) is 0. The third kappa shape index (κ3) is 4.51. The molecule has 2 heterocycles. The van der Waals surface area contributed by atoms with Gasteiger partial charge in [0.05, 0.1) is 5.69 Å². The molecule has 0 radical (unpaired) electrons. The van der Waals surface area contributed by atoms with E-state index in [1.165, 1.54) is 23.4 Å². The fourth-order valence-corrected chi connectivity index (χ4v) is 4.16. The smallest absolute Gasteiger partial charge is 0.251 e. The monoisotopic (exact) mass is 384 g/mol. The van der Waals surface area contributed by atoms with Crippen LogP contribution >= 0.6 is 22.7 Å². The molecule has 134 valence electrons. The molecule has 3 aromatic rings. The van der Waals surface area contributed by atoms with Crippen LogP contribution in [0.15, 0.2) is 47.2 Å². The van der Waals surface area contributed by atoms with E-state index >= 15 is 0 Å². The number of nitrogens with zero attached hydrogens (tertiary/aromatic N) is 1. The predicted molar refractivity (Wildman–Crippen MR) is 105 cm³/mol. The number of ether oxygens (including phenoxy) is 1. The number of aromatic nitrogens is 1. The highest BCUT2D eigenvalue weighted by atomic mass is 32.1. The van der Waals surface area contributed by atoms with E-state index in [9.17, 15) is 4.79 Å². The van der Waals surface area contributed by atoms with Gasteiger partial charge >= 0.3 is 0 Å². The molecule has 0 spiro atoms. The molecule has 1 fully saturated rings. The molecule has 2 aromatic heterocycles. The number of nitrogens with one attached hydrogen (secondary N) is 1. The molecule has 1 amide bonds. The molecule has 6 heteroatoms. The summed E-state index contributed by atoms with van der Waals surface area (Å²) in [5.41, 5.74) is 1.86. The van der Waals surface area contributed by atoms with E-state index in [1.807, 2.05) is 23.6 Å². The van der Waals surface area contributed by atoms with Gasteiger partial charge in [0.15, 0.2) is 0 Å². The molecule has 1 aliphatic rings. The van der Waals surface area contributed by atoms with Crippen molar-refractivity contribution in [2.75, 3.05) is 6.54 Å². The van der Waals surface area contributed by atoms with Crippen LogP contribution in [0.25, 0.3) is 0 Å². The Morgan fingerprint density at radius 3 is 2.77 bits per heavy atom. The summed E-state index contributed by atoms with van der Waals surface area (Å²) in [6, 6.07) is 11.4. The summed E-state index contributed by atoms with van der Waals surface area (Å²) >= 11 is 3.36. The lowest BCUT2D eigenvalue weighted by Gasteiger charge is -2.07. The van der Waals surface area contributed by atoms with Gasteiger partial charge in [-0.1, -0.05) is 6.07 Å². The first-order valence-electron chi connectivity index (χ1n) is 8.76. The number of thiazole rings is 1. The van der Waals surface area contributed by atoms with Crippen molar-refractivity contribution in [3.05, 3.63) is 68.3 Å². The third-order valence-corrected chi connectivity index (χ3v) is 6.06. The van der Waals surface area contributed by atoms with Crippen LogP contribution in [0.5, 0.6) is 5.75 Å². The van der Waals surface area contributed by atoms with Gasteiger partial charge in [-0.05, 0) is 55.0 Å². The lowest BCUT2D eigenvalue weighted by Crippen LogP contribution is -2.25. The maximum absolute atomic E-state index is 12.2. The predicted octanol–water partition coefficient (Wildman–Crippen LogP) is 4.63. The Morgan fingerprint density at radius 1 is 1.19 bits per heavy atom. The van der Waals surface area contributed by atoms with Crippen molar-refractivity contribution >= 4 is 28.6 Å². The molecular weight excluding hydrogens is 364 g/mol. The van der Waals surface area contributed by atoms with E-state index in [1.54, 1.807) is 34.8 Å². The van der Waals surface area contributed by atoms with Crippen LogP contribution in [-0.4, -0.2) is 17.4 Å². The molecule has 0 atom stereocenters. The van der Waals surface area contributed by atoms with Crippen molar-refractivity contribution in [3.8, 4) is 5.75 Å². The van der Waals surface area contributed by atoms with Crippen LogP contribution in [-0.2, 0) is 13.0 Å². The van der Waals surface area contributed by atoms with Crippen molar-refractivity contribution in [2.45, 2.75) is 31.8 Å². The van der Waals surface area contributed by atoms with Gasteiger partial charge in [-0.15, -0.1) is 22.7 Å². The lowest BCUT2D eigenvalue weighted by molar-refractivity contribution is 0.0954. The first-order chi connectivity index (χ1) is 12.8. The maximum Gasteiger partial charge on any atom is 0.251 e. The Morgan fingerprint density at radius 2 is 2.04 bits per heavy atom. The van der Waals surface area contributed by atoms with E-state index in [0.29, 0.717) is 24.6 Å². The summed E-state index contributed by atoms with van der Waals surface area (Å²) in [5, 5.41) is 8.14. The number of hydrogen-bond acceptors (Lipinski definition) is 5. The molecule has 1 aliphatic carbocycles. The van der Waals surface area contributed by atoms with Gasteiger partial charge in [-0.2, -0.15) is 0 Å². The minimum atomic E-state index is -0.0536. The van der Waals surface area contributed by atoms with Crippen LogP contribution in [0.2, 0.25) is 0 Å².